The molecule has 0 saturated heterocycles. The maximum Gasteiger partial charge on any atom is 0.328 e. The number of aliphatic hydroxyl groups is 1. The van der Waals surface area contributed by atoms with Gasteiger partial charge in [0.15, 0.2) is 0 Å². The number of carbonyl (C=O) groups is 1. The van der Waals surface area contributed by atoms with Crippen LogP contribution in [0.4, 0.5) is 0 Å². The minimum atomic E-state index is -1.22. The molecular weight excluding hydrogens is 464 g/mol. The van der Waals surface area contributed by atoms with Crippen LogP contribution in [0.1, 0.15) is 29.2 Å². The van der Waals surface area contributed by atoms with E-state index in [0.29, 0.717) is 19.6 Å². The molecule has 0 radical (unpaired) electrons. The molecule has 1 saturated carbocycles. The molecule has 1 fully saturated rings. The van der Waals surface area contributed by atoms with E-state index in [1.54, 1.807) is 0 Å². The van der Waals surface area contributed by atoms with Gasteiger partial charge >= 0.3 is 11.7 Å². The molecule has 0 bridgehead atoms. The molecule has 1 heterocycles. The molecule has 1 aromatic heterocycles. The number of aliphatic carboxylic acids is 1. The van der Waals surface area contributed by atoms with Gasteiger partial charge in [0.25, 0.3) is 5.56 Å². The number of H-pyrrole nitrogens is 1. The molecule has 0 spiro atoms. The second-order valence-corrected chi connectivity index (χ2v) is 8.72. The van der Waals surface area contributed by atoms with Crippen LogP contribution in [0.5, 0.6) is 0 Å². The van der Waals surface area contributed by atoms with E-state index in [9.17, 15) is 19.5 Å². The molecule has 2 aromatic carbocycles. The standard InChI is InChI=1S/C27H28N2O7/c30-24(31)12-11-20-14-29(27(34)28-26(20)33)22-13-23(36-16-19-9-5-2-6-10-19)21(25(22)32)17-35-15-18-7-3-1-4-8-18/h1-12,14,21-23,25,32H,13,15-17H2,(H,30,31)(H,28,33,34)/t21-,22+,23+,25+/m1/s1. The molecule has 9 nitrogen and oxygen atoms in total. The molecule has 188 valence electrons. The molecule has 4 rings (SSSR count). The highest BCUT2D eigenvalue weighted by atomic mass is 16.5. The normalized spacial score (nSPS) is 21.7. The fourth-order valence-corrected chi connectivity index (χ4v) is 4.42. The number of ether oxygens (including phenoxy) is 2. The summed E-state index contributed by atoms with van der Waals surface area (Å²) < 4.78 is 13.3. The van der Waals surface area contributed by atoms with Gasteiger partial charge in [-0.05, 0) is 23.6 Å². The fraction of sp³-hybridized carbons (Fsp3) is 0.296. The molecule has 9 heteroatoms. The van der Waals surface area contributed by atoms with E-state index in [0.717, 1.165) is 23.3 Å². The Labute approximate surface area is 207 Å². The average molecular weight is 493 g/mol. The van der Waals surface area contributed by atoms with Crippen LogP contribution in [0.25, 0.3) is 6.08 Å². The monoisotopic (exact) mass is 492 g/mol. The Hall–Kier alpha value is -3.79. The first kappa shape index (κ1) is 25.3. The van der Waals surface area contributed by atoms with Crippen molar-refractivity contribution in [2.75, 3.05) is 6.61 Å². The van der Waals surface area contributed by atoms with Gasteiger partial charge < -0.3 is 19.7 Å². The summed E-state index contributed by atoms with van der Waals surface area (Å²) in [4.78, 5) is 37.9. The molecule has 0 aliphatic heterocycles. The van der Waals surface area contributed by atoms with Crippen LogP contribution < -0.4 is 11.2 Å². The number of nitrogens with zero attached hydrogens (tertiary/aromatic N) is 1. The fourth-order valence-electron chi connectivity index (χ4n) is 4.42. The van der Waals surface area contributed by atoms with Crippen molar-refractivity contribution in [1.82, 2.24) is 9.55 Å². The molecular formula is C27H28N2O7. The van der Waals surface area contributed by atoms with Gasteiger partial charge in [-0.1, -0.05) is 60.7 Å². The minimum absolute atomic E-state index is 0.00488. The molecule has 1 aliphatic rings. The number of hydrogen-bond acceptors (Lipinski definition) is 6. The Balaban J connectivity index is 1.56. The Morgan fingerprint density at radius 1 is 1.03 bits per heavy atom. The van der Waals surface area contributed by atoms with Crippen LogP contribution in [-0.4, -0.2) is 44.5 Å². The lowest BCUT2D eigenvalue weighted by molar-refractivity contribution is -0.131. The van der Waals surface area contributed by atoms with Gasteiger partial charge in [-0.25, -0.2) is 9.59 Å². The minimum Gasteiger partial charge on any atom is -0.478 e. The van der Waals surface area contributed by atoms with E-state index < -0.39 is 41.4 Å². The number of benzene rings is 2. The molecule has 3 aromatic rings. The first-order valence-electron chi connectivity index (χ1n) is 11.6. The number of carboxylic acid groups (broad SMARTS) is 1. The van der Waals surface area contributed by atoms with Gasteiger partial charge in [0.2, 0.25) is 0 Å². The van der Waals surface area contributed by atoms with Crippen LogP contribution in [0.3, 0.4) is 0 Å². The molecule has 36 heavy (non-hydrogen) atoms. The number of hydrogen-bond donors (Lipinski definition) is 3. The third kappa shape index (κ3) is 6.25. The summed E-state index contributed by atoms with van der Waals surface area (Å²) in [5, 5.41) is 20.1. The Morgan fingerprint density at radius 2 is 1.67 bits per heavy atom. The van der Waals surface area contributed by atoms with Crippen LogP contribution in [0.15, 0.2) is 82.5 Å². The van der Waals surface area contributed by atoms with Crippen molar-refractivity contribution in [3.8, 4) is 0 Å². The van der Waals surface area contributed by atoms with Crippen molar-refractivity contribution >= 4 is 12.0 Å². The van der Waals surface area contributed by atoms with Crippen molar-refractivity contribution in [3.63, 3.8) is 0 Å². The van der Waals surface area contributed by atoms with Crippen LogP contribution in [0.2, 0.25) is 0 Å². The number of nitrogens with one attached hydrogen (secondary N) is 1. The van der Waals surface area contributed by atoms with Crippen molar-refractivity contribution in [3.05, 3.63) is 110 Å². The van der Waals surface area contributed by atoms with Crippen molar-refractivity contribution < 1.29 is 24.5 Å². The summed E-state index contributed by atoms with van der Waals surface area (Å²) in [6.07, 6.45) is 2.09. The maximum atomic E-state index is 12.6. The third-order valence-corrected chi connectivity index (χ3v) is 6.27. The highest BCUT2D eigenvalue weighted by Crippen LogP contribution is 2.37. The summed E-state index contributed by atoms with van der Waals surface area (Å²) in [5.74, 6) is -1.66. The van der Waals surface area contributed by atoms with E-state index in [2.05, 4.69) is 4.98 Å². The summed E-state index contributed by atoms with van der Waals surface area (Å²) >= 11 is 0. The first-order valence-corrected chi connectivity index (χ1v) is 11.6. The number of aromatic amines is 1. The summed E-state index contributed by atoms with van der Waals surface area (Å²) in [7, 11) is 0. The van der Waals surface area contributed by atoms with E-state index in [1.807, 2.05) is 60.7 Å². The van der Waals surface area contributed by atoms with Crippen molar-refractivity contribution in [2.24, 2.45) is 5.92 Å². The largest absolute Gasteiger partial charge is 0.478 e. The van der Waals surface area contributed by atoms with Crippen molar-refractivity contribution in [2.45, 2.75) is 37.9 Å². The third-order valence-electron chi connectivity index (χ3n) is 6.27. The van der Waals surface area contributed by atoms with Gasteiger partial charge in [0.05, 0.1) is 43.6 Å². The van der Waals surface area contributed by atoms with Gasteiger partial charge in [0.1, 0.15) is 0 Å². The summed E-state index contributed by atoms with van der Waals surface area (Å²) in [6, 6.07) is 18.6. The topological polar surface area (TPSA) is 131 Å². The van der Waals surface area contributed by atoms with E-state index in [-0.39, 0.29) is 12.2 Å². The van der Waals surface area contributed by atoms with E-state index >= 15 is 0 Å². The number of carboxylic acids is 1. The smallest absolute Gasteiger partial charge is 0.328 e. The molecule has 4 atom stereocenters. The Bertz CT molecular complexity index is 1300. The van der Waals surface area contributed by atoms with Gasteiger partial charge in [-0.3, -0.25) is 14.3 Å². The Kier molecular flexibility index (Phi) is 8.27. The zero-order chi connectivity index (χ0) is 25.5. The lowest BCUT2D eigenvalue weighted by Gasteiger charge is -2.23. The van der Waals surface area contributed by atoms with Crippen molar-refractivity contribution in [1.29, 1.82) is 0 Å². The highest BCUT2D eigenvalue weighted by molar-refractivity contribution is 5.85. The zero-order valence-electron chi connectivity index (χ0n) is 19.5. The molecule has 3 N–H and O–H groups in total. The SMILES string of the molecule is O=C(O)C=Cc1cn([C@H]2C[C@H](OCc3ccccc3)[C@@H](COCc3ccccc3)[C@@H]2O)c(=O)[nH]c1=O. The Morgan fingerprint density at radius 3 is 2.31 bits per heavy atom. The zero-order valence-corrected chi connectivity index (χ0v) is 19.5. The van der Waals surface area contributed by atoms with Gasteiger partial charge in [-0.15, -0.1) is 0 Å². The quantitative estimate of drug-likeness (QED) is 0.370. The summed E-state index contributed by atoms with van der Waals surface area (Å²) in [6.45, 7) is 0.895. The van der Waals surface area contributed by atoms with Gasteiger partial charge in [-0.2, -0.15) is 0 Å². The first-order chi connectivity index (χ1) is 17.4. The van der Waals surface area contributed by atoms with E-state index in [1.165, 1.54) is 10.8 Å². The number of aromatic nitrogens is 2. The highest BCUT2D eigenvalue weighted by Gasteiger charge is 2.44. The molecule has 0 amide bonds. The summed E-state index contributed by atoms with van der Waals surface area (Å²) in [5.41, 5.74) is 0.566. The maximum absolute atomic E-state index is 12.6. The van der Waals surface area contributed by atoms with Gasteiger partial charge in [0, 0.05) is 18.2 Å². The molecule has 1 aliphatic carbocycles. The number of rotatable bonds is 10. The molecule has 0 unspecified atom stereocenters. The lowest BCUT2D eigenvalue weighted by atomic mass is 10.0. The van der Waals surface area contributed by atoms with Crippen LogP contribution in [-0.2, 0) is 27.5 Å². The number of aliphatic hydroxyl groups excluding tert-OH is 1. The second-order valence-electron chi connectivity index (χ2n) is 8.72. The second kappa shape index (κ2) is 11.8. The van der Waals surface area contributed by atoms with Crippen LogP contribution in [0, 0.1) is 5.92 Å². The van der Waals surface area contributed by atoms with E-state index in [4.69, 9.17) is 14.6 Å². The lowest BCUT2D eigenvalue weighted by Crippen LogP contribution is -2.37. The predicted octanol–water partition coefficient (Wildman–Crippen LogP) is 2.36. The predicted molar refractivity (Wildman–Crippen MR) is 132 cm³/mol. The average Bonchev–Trinajstić information content (AvgIpc) is 3.18. The van der Waals surface area contributed by atoms with Crippen LogP contribution >= 0.6 is 0 Å².